The second kappa shape index (κ2) is 5.02. The molecule has 1 heterocycles. The molecule has 0 fully saturated rings. The van der Waals surface area contributed by atoms with Gasteiger partial charge in [-0.25, -0.2) is 9.37 Å². The van der Waals surface area contributed by atoms with E-state index in [1.807, 2.05) is 0 Å². The number of ether oxygens (including phenoxy) is 1. The summed E-state index contributed by atoms with van der Waals surface area (Å²) in [5, 5.41) is 10.8. The first-order valence-corrected chi connectivity index (χ1v) is 5.25. The highest BCUT2D eigenvalue weighted by Crippen LogP contribution is 2.31. The average molecular weight is 285 g/mol. The number of anilines is 1. The van der Waals surface area contributed by atoms with E-state index in [0.29, 0.717) is 0 Å². The van der Waals surface area contributed by atoms with Crippen LogP contribution in [0.3, 0.4) is 0 Å². The van der Waals surface area contributed by atoms with Crippen molar-refractivity contribution in [3.05, 3.63) is 45.4 Å². The summed E-state index contributed by atoms with van der Waals surface area (Å²) < 4.78 is 18.2. The fourth-order valence-corrected chi connectivity index (χ4v) is 1.48. The number of nitro benzene ring substituents is 1. The van der Waals surface area contributed by atoms with E-state index in [-0.39, 0.29) is 22.7 Å². The molecule has 2 N–H and O–H groups in total. The van der Waals surface area contributed by atoms with E-state index < -0.39 is 16.4 Å². The maximum Gasteiger partial charge on any atom is 0.311 e. The standard InChI is InChI=1S/C10H6ClFN4O3/c11-8-4-9(15-10(13)14-8)19-7-3-5(12)1-2-6(7)16(17)18/h1-4H,(H2,13,14,15). The summed E-state index contributed by atoms with van der Waals surface area (Å²) >= 11 is 5.63. The second-order valence-electron chi connectivity index (χ2n) is 3.36. The number of halogens is 2. The minimum atomic E-state index is -0.707. The molecular weight excluding hydrogens is 279 g/mol. The third-order valence-electron chi connectivity index (χ3n) is 2.02. The minimum absolute atomic E-state index is 0.00144. The quantitative estimate of drug-likeness (QED) is 0.527. The predicted molar refractivity (Wildman–Crippen MR) is 64.6 cm³/mol. The van der Waals surface area contributed by atoms with Gasteiger partial charge in [-0.1, -0.05) is 11.6 Å². The fraction of sp³-hybridized carbons (Fsp3) is 0. The predicted octanol–water partition coefficient (Wildman–Crippen LogP) is 2.55. The van der Waals surface area contributed by atoms with Crippen molar-refractivity contribution in [3.8, 4) is 11.6 Å². The molecule has 0 bridgehead atoms. The first kappa shape index (κ1) is 13.0. The van der Waals surface area contributed by atoms with E-state index in [4.69, 9.17) is 22.1 Å². The van der Waals surface area contributed by atoms with Crippen LogP contribution in [-0.2, 0) is 0 Å². The Kier molecular flexibility index (Phi) is 3.43. The Morgan fingerprint density at radius 2 is 2.11 bits per heavy atom. The van der Waals surface area contributed by atoms with Gasteiger partial charge in [0, 0.05) is 18.2 Å². The van der Waals surface area contributed by atoms with E-state index in [2.05, 4.69) is 9.97 Å². The van der Waals surface area contributed by atoms with Gasteiger partial charge >= 0.3 is 5.69 Å². The van der Waals surface area contributed by atoms with Crippen molar-refractivity contribution < 1.29 is 14.1 Å². The number of nitro groups is 1. The molecule has 98 valence electrons. The van der Waals surface area contributed by atoms with Crippen LogP contribution in [0.2, 0.25) is 5.15 Å². The number of nitrogen functional groups attached to an aromatic ring is 1. The second-order valence-corrected chi connectivity index (χ2v) is 3.75. The van der Waals surface area contributed by atoms with Crippen LogP contribution in [0.1, 0.15) is 0 Å². The van der Waals surface area contributed by atoms with Gasteiger partial charge in [-0.15, -0.1) is 0 Å². The lowest BCUT2D eigenvalue weighted by Gasteiger charge is -2.06. The Morgan fingerprint density at radius 1 is 1.37 bits per heavy atom. The summed E-state index contributed by atoms with van der Waals surface area (Å²) in [6.07, 6.45) is 0. The van der Waals surface area contributed by atoms with Gasteiger partial charge in [-0.2, -0.15) is 4.98 Å². The zero-order valence-electron chi connectivity index (χ0n) is 9.21. The molecule has 2 aromatic rings. The monoisotopic (exact) mass is 284 g/mol. The first-order valence-electron chi connectivity index (χ1n) is 4.87. The van der Waals surface area contributed by atoms with E-state index in [1.165, 1.54) is 6.07 Å². The molecule has 0 unspecified atom stereocenters. The third-order valence-corrected chi connectivity index (χ3v) is 2.22. The van der Waals surface area contributed by atoms with Gasteiger partial charge in [0.05, 0.1) is 4.92 Å². The third kappa shape index (κ3) is 3.05. The van der Waals surface area contributed by atoms with E-state index >= 15 is 0 Å². The number of hydrogen-bond donors (Lipinski definition) is 1. The molecule has 0 saturated heterocycles. The summed E-state index contributed by atoms with van der Waals surface area (Å²) in [5.41, 5.74) is 4.94. The normalized spacial score (nSPS) is 10.2. The van der Waals surface area contributed by atoms with E-state index in [1.54, 1.807) is 0 Å². The number of aromatic nitrogens is 2. The van der Waals surface area contributed by atoms with Gasteiger partial charge in [-0.3, -0.25) is 10.1 Å². The Labute approximate surface area is 111 Å². The maximum absolute atomic E-state index is 13.1. The van der Waals surface area contributed by atoms with Crippen LogP contribution >= 0.6 is 11.6 Å². The van der Waals surface area contributed by atoms with Gasteiger partial charge in [-0.05, 0) is 6.07 Å². The smallest absolute Gasteiger partial charge is 0.311 e. The molecule has 1 aromatic heterocycles. The molecule has 0 spiro atoms. The molecular formula is C10H6ClFN4O3. The molecule has 0 saturated carbocycles. The van der Waals surface area contributed by atoms with Crippen molar-refractivity contribution in [3.63, 3.8) is 0 Å². The topological polar surface area (TPSA) is 104 Å². The molecule has 7 nitrogen and oxygen atoms in total. The van der Waals surface area contributed by atoms with Crippen LogP contribution < -0.4 is 10.5 Å². The van der Waals surface area contributed by atoms with Crippen molar-refractivity contribution in [1.82, 2.24) is 9.97 Å². The Morgan fingerprint density at radius 3 is 2.74 bits per heavy atom. The van der Waals surface area contributed by atoms with Crippen LogP contribution in [-0.4, -0.2) is 14.9 Å². The summed E-state index contributed by atoms with van der Waals surface area (Å²) in [4.78, 5) is 17.3. The van der Waals surface area contributed by atoms with Gasteiger partial charge in [0.2, 0.25) is 17.6 Å². The number of rotatable bonds is 3. The van der Waals surface area contributed by atoms with Crippen molar-refractivity contribution in [2.24, 2.45) is 0 Å². The summed E-state index contributed by atoms with van der Waals surface area (Å²) in [5.74, 6) is -1.28. The highest BCUT2D eigenvalue weighted by atomic mass is 35.5. The lowest BCUT2D eigenvalue weighted by Crippen LogP contribution is -1.99. The molecule has 0 aliphatic carbocycles. The Hall–Kier alpha value is -2.48. The van der Waals surface area contributed by atoms with Crippen molar-refractivity contribution in [2.75, 3.05) is 5.73 Å². The zero-order valence-corrected chi connectivity index (χ0v) is 9.96. The van der Waals surface area contributed by atoms with Crippen LogP contribution in [0, 0.1) is 15.9 Å². The first-order chi connectivity index (χ1) is 8.95. The number of nitrogens with zero attached hydrogens (tertiary/aromatic N) is 3. The van der Waals surface area contributed by atoms with Crippen LogP contribution in [0.5, 0.6) is 11.6 Å². The summed E-state index contributed by atoms with van der Waals surface area (Å²) in [7, 11) is 0. The SMILES string of the molecule is Nc1nc(Cl)cc(Oc2cc(F)ccc2[N+](=O)[O-])n1. The summed E-state index contributed by atoms with van der Waals surface area (Å²) in [6, 6.07) is 4.00. The molecule has 0 aliphatic heterocycles. The maximum atomic E-state index is 13.1. The Bertz CT molecular complexity index is 632. The van der Waals surface area contributed by atoms with E-state index in [9.17, 15) is 14.5 Å². The molecule has 19 heavy (non-hydrogen) atoms. The van der Waals surface area contributed by atoms with Crippen LogP contribution in [0.25, 0.3) is 0 Å². The molecule has 0 amide bonds. The number of benzene rings is 1. The van der Waals surface area contributed by atoms with Crippen molar-refractivity contribution in [1.29, 1.82) is 0 Å². The largest absolute Gasteiger partial charge is 0.431 e. The molecule has 0 atom stereocenters. The zero-order chi connectivity index (χ0) is 14.0. The van der Waals surface area contributed by atoms with Gasteiger partial charge in [0.15, 0.2) is 0 Å². The van der Waals surface area contributed by atoms with Crippen molar-refractivity contribution in [2.45, 2.75) is 0 Å². The summed E-state index contributed by atoms with van der Waals surface area (Å²) in [6.45, 7) is 0. The van der Waals surface area contributed by atoms with E-state index in [0.717, 1.165) is 18.2 Å². The van der Waals surface area contributed by atoms with Crippen molar-refractivity contribution >= 4 is 23.2 Å². The lowest BCUT2D eigenvalue weighted by molar-refractivity contribution is -0.385. The Balaban J connectivity index is 2.42. The number of nitrogens with two attached hydrogens (primary N) is 1. The average Bonchev–Trinajstić information content (AvgIpc) is 2.26. The molecule has 0 aliphatic rings. The highest BCUT2D eigenvalue weighted by Gasteiger charge is 2.17. The molecule has 9 heteroatoms. The molecule has 0 radical (unpaired) electrons. The van der Waals surface area contributed by atoms with Gasteiger partial charge in [0.25, 0.3) is 0 Å². The van der Waals surface area contributed by atoms with Gasteiger partial charge < -0.3 is 10.5 Å². The number of hydrogen-bond acceptors (Lipinski definition) is 6. The highest BCUT2D eigenvalue weighted by molar-refractivity contribution is 6.29. The lowest BCUT2D eigenvalue weighted by atomic mass is 10.3. The molecule has 1 aromatic carbocycles. The van der Waals surface area contributed by atoms with Crippen LogP contribution in [0.15, 0.2) is 24.3 Å². The molecule has 2 rings (SSSR count). The minimum Gasteiger partial charge on any atom is -0.431 e. The van der Waals surface area contributed by atoms with Gasteiger partial charge in [0.1, 0.15) is 11.0 Å². The fourth-order valence-electron chi connectivity index (χ4n) is 1.30. The van der Waals surface area contributed by atoms with Crippen LogP contribution in [0.4, 0.5) is 16.0 Å².